The van der Waals surface area contributed by atoms with Gasteiger partial charge in [0.2, 0.25) is 0 Å². The molecule has 0 rings (SSSR count). The van der Waals surface area contributed by atoms with Crippen molar-refractivity contribution in [3.8, 4) is 0 Å². The summed E-state index contributed by atoms with van der Waals surface area (Å²) in [7, 11) is 0. The van der Waals surface area contributed by atoms with Crippen LogP contribution in [0.4, 0.5) is 0 Å². The molecule has 0 fully saturated rings. The number of hydrogen-bond acceptors (Lipinski definition) is 2. The molecule has 0 N–H and O–H groups in total. The third kappa shape index (κ3) is 3.59. The number of carbonyl (C=O) groups is 1. The molecule has 0 aromatic carbocycles. The summed E-state index contributed by atoms with van der Waals surface area (Å²) in [4.78, 5) is 10.1. The van der Waals surface area contributed by atoms with Crippen molar-refractivity contribution < 1.29 is 9.53 Å². The maximum atomic E-state index is 10.1. The lowest BCUT2D eigenvalue weighted by Gasteiger charge is -1.92. The van der Waals surface area contributed by atoms with Crippen LogP contribution in [0.5, 0.6) is 0 Å². The molecule has 7 heavy (non-hydrogen) atoms. The van der Waals surface area contributed by atoms with Crippen molar-refractivity contribution in [2.24, 2.45) is 0 Å². The fraction of sp³-hybridized carbons (Fsp3) is 0.750. The standard InChI is InChI=1S/C4H7ClO2/c1-2-4(6)7-3-5/h2-3H2,1H3. The van der Waals surface area contributed by atoms with Gasteiger partial charge in [0.1, 0.15) is 0 Å². The van der Waals surface area contributed by atoms with Gasteiger partial charge in [-0.15, -0.1) is 0 Å². The van der Waals surface area contributed by atoms with Gasteiger partial charge < -0.3 is 4.74 Å². The smallest absolute Gasteiger partial charge is 0.306 e. The van der Waals surface area contributed by atoms with Gasteiger partial charge in [-0.3, -0.25) is 4.79 Å². The van der Waals surface area contributed by atoms with Crippen molar-refractivity contribution in [3.05, 3.63) is 0 Å². The fourth-order valence-corrected chi connectivity index (χ4v) is 0.285. The summed E-state index contributed by atoms with van der Waals surface area (Å²) < 4.78 is 4.32. The minimum absolute atomic E-state index is 0.0350. The lowest BCUT2D eigenvalue weighted by Crippen LogP contribution is -1.98. The number of alkyl halides is 1. The van der Waals surface area contributed by atoms with Crippen molar-refractivity contribution >= 4 is 17.6 Å². The molecule has 0 amide bonds. The minimum atomic E-state index is -0.255. The summed E-state index contributed by atoms with van der Waals surface area (Å²) in [6.45, 7) is 1.72. The van der Waals surface area contributed by atoms with E-state index in [4.69, 9.17) is 11.6 Å². The molecule has 0 spiro atoms. The third-order valence-electron chi connectivity index (χ3n) is 0.504. The van der Waals surface area contributed by atoms with Crippen LogP contribution in [-0.2, 0) is 9.53 Å². The summed E-state index contributed by atoms with van der Waals surface area (Å²) in [6, 6.07) is -0.0350. The van der Waals surface area contributed by atoms with Crippen LogP contribution in [0.2, 0.25) is 0 Å². The summed E-state index contributed by atoms with van der Waals surface area (Å²) in [5.74, 6) is -0.255. The van der Waals surface area contributed by atoms with Crippen molar-refractivity contribution in [1.29, 1.82) is 0 Å². The molecular formula is C4H7ClO2. The molecule has 0 aliphatic heterocycles. The number of carbonyl (C=O) groups excluding carboxylic acids is 1. The molecule has 42 valence electrons. The van der Waals surface area contributed by atoms with E-state index in [0.717, 1.165) is 0 Å². The van der Waals surface area contributed by atoms with Crippen LogP contribution in [0.1, 0.15) is 13.3 Å². The van der Waals surface area contributed by atoms with E-state index in [1.807, 2.05) is 0 Å². The van der Waals surface area contributed by atoms with E-state index >= 15 is 0 Å². The molecule has 0 saturated heterocycles. The highest BCUT2D eigenvalue weighted by Crippen LogP contribution is 1.84. The monoisotopic (exact) mass is 122 g/mol. The van der Waals surface area contributed by atoms with Gasteiger partial charge in [0.05, 0.1) is 0 Å². The lowest BCUT2D eigenvalue weighted by molar-refractivity contribution is -0.141. The Morgan fingerprint density at radius 1 is 1.86 bits per heavy atom. The Bertz CT molecular complexity index is 62.7. The van der Waals surface area contributed by atoms with Crippen molar-refractivity contribution in [1.82, 2.24) is 0 Å². The first-order valence-electron chi connectivity index (χ1n) is 2.02. The molecule has 0 unspecified atom stereocenters. The first kappa shape index (κ1) is 6.76. The van der Waals surface area contributed by atoms with Crippen LogP contribution in [0.15, 0.2) is 0 Å². The SMILES string of the molecule is CCC(=O)OCCl. The Morgan fingerprint density at radius 2 is 2.43 bits per heavy atom. The van der Waals surface area contributed by atoms with Crippen molar-refractivity contribution in [2.45, 2.75) is 13.3 Å². The number of ether oxygens (including phenoxy) is 1. The average molecular weight is 123 g/mol. The Hall–Kier alpha value is -0.240. The average Bonchev–Trinajstić information content (AvgIpc) is 1.68. The van der Waals surface area contributed by atoms with E-state index in [-0.39, 0.29) is 12.0 Å². The Balaban J connectivity index is 3.00. The molecule has 0 heterocycles. The van der Waals surface area contributed by atoms with Crippen LogP contribution in [0.25, 0.3) is 0 Å². The number of hydrogen-bond donors (Lipinski definition) is 0. The maximum absolute atomic E-state index is 10.1. The van der Waals surface area contributed by atoms with Crippen LogP contribution in [0.3, 0.4) is 0 Å². The Kier molecular flexibility index (Phi) is 3.80. The highest BCUT2D eigenvalue weighted by molar-refractivity contribution is 6.17. The number of rotatable bonds is 2. The van der Waals surface area contributed by atoms with E-state index in [1.54, 1.807) is 6.92 Å². The molecule has 0 saturated carbocycles. The summed E-state index contributed by atoms with van der Waals surface area (Å²) in [5, 5.41) is 0. The molecular weight excluding hydrogens is 115 g/mol. The molecule has 0 aliphatic carbocycles. The second kappa shape index (κ2) is 3.93. The van der Waals surface area contributed by atoms with E-state index < -0.39 is 0 Å². The molecule has 0 aromatic heterocycles. The topological polar surface area (TPSA) is 26.3 Å². The Labute approximate surface area is 47.4 Å². The minimum Gasteiger partial charge on any atom is -0.449 e. The first-order chi connectivity index (χ1) is 3.31. The van der Waals surface area contributed by atoms with E-state index in [1.165, 1.54) is 0 Å². The summed E-state index contributed by atoms with van der Waals surface area (Å²) >= 11 is 5.03. The van der Waals surface area contributed by atoms with Gasteiger partial charge in [0.25, 0.3) is 0 Å². The van der Waals surface area contributed by atoms with Crippen LogP contribution in [-0.4, -0.2) is 12.0 Å². The van der Waals surface area contributed by atoms with Crippen LogP contribution in [0, 0.1) is 0 Å². The first-order valence-corrected chi connectivity index (χ1v) is 2.56. The fourth-order valence-electron chi connectivity index (χ4n) is 0.163. The molecule has 0 radical (unpaired) electrons. The second-order valence-corrected chi connectivity index (χ2v) is 1.20. The normalized spacial score (nSPS) is 8.29. The molecule has 2 nitrogen and oxygen atoms in total. The van der Waals surface area contributed by atoms with Gasteiger partial charge in [-0.2, -0.15) is 0 Å². The molecule has 0 bridgehead atoms. The van der Waals surface area contributed by atoms with Crippen molar-refractivity contribution in [2.75, 3.05) is 6.07 Å². The van der Waals surface area contributed by atoms with Gasteiger partial charge >= 0.3 is 5.97 Å². The molecule has 0 aromatic rings. The number of esters is 1. The van der Waals surface area contributed by atoms with E-state index in [2.05, 4.69) is 4.74 Å². The highest BCUT2D eigenvalue weighted by atomic mass is 35.5. The number of halogens is 1. The van der Waals surface area contributed by atoms with E-state index in [9.17, 15) is 4.79 Å². The third-order valence-corrected chi connectivity index (χ3v) is 0.613. The maximum Gasteiger partial charge on any atom is 0.306 e. The van der Waals surface area contributed by atoms with Crippen molar-refractivity contribution in [3.63, 3.8) is 0 Å². The Morgan fingerprint density at radius 3 is 2.57 bits per heavy atom. The highest BCUT2D eigenvalue weighted by Gasteiger charge is 1.92. The van der Waals surface area contributed by atoms with Gasteiger partial charge in [-0.05, 0) is 0 Å². The zero-order valence-corrected chi connectivity index (χ0v) is 4.86. The van der Waals surface area contributed by atoms with Gasteiger partial charge in [0, 0.05) is 6.42 Å². The zero-order chi connectivity index (χ0) is 5.70. The van der Waals surface area contributed by atoms with Gasteiger partial charge in [-0.1, -0.05) is 18.5 Å². The predicted molar refractivity (Wildman–Crippen MR) is 27.1 cm³/mol. The van der Waals surface area contributed by atoms with E-state index in [0.29, 0.717) is 6.42 Å². The molecule has 0 atom stereocenters. The largest absolute Gasteiger partial charge is 0.449 e. The lowest BCUT2D eigenvalue weighted by atomic mass is 10.5. The van der Waals surface area contributed by atoms with Crippen LogP contribution < -0.4 is 0 Å². The zero-order valence-electron chi connectivity index (χ0n) is 4.11. The molecule has 3 heteroatoms. The summed E-state index contributed by atoms with van der Waals surface area (Å²) in [5.41, 5.74) is 0. The summed E-state index contributed by atoms with van der Waals surface area (Å²) in [6.07, 6.45) is 0.396. The van der Waals surface area contributed by atoms with Gasteiger partial charge in [0.15, 0.2) is 6.07 Å². The second-order valence-electron chi connectivity index (χ2n) is 0.979. The molecule has 0 aliphatic rings. The van der Waals surface area contributed by atoms with Crippen LogP contribution >= 0.6 is 11.6 Å². The predicted octanol–water partition coefficient (Wildman–Crippen LogP) is 1.14. The van der Waals surface area contributed by atoms with Gasteiger partial charge in [-0.25, -0.2) is 0 Å². The quantitative estimate of drug-likeness (QED) is 0.406.